The van der Waals surface area contributed by atoms with Gasteiger partial charge in [-0.1, -0.05) is 52.3 Å². The van der Waals surface area contributed by atoms with E-state index in [4.69, 9.17) is 5.11 Å². The van der Waals surface area contributed by atoms with Gasteiger partial charge in [-0.25, -0.2) is 4.79 Å². The fraction of sp³-hybridized carbons (Fsp3) is 0.727. The monoisotopic (exact) mass is 524 g/mol. The zero-order valence-electron chi connectivity index (χ0n) is 23.6. The predicted molar refractivity (Wildman–Crippen MR) is 150 cm³/mol. The Balaban J connectivity index is 1.32. The number of fused-ring (bicyclic) bond motifs is 5. The number of aromatic carboxylic acids is 1. The summed E-state index contributed by atoms with van der Waals surface area (Å²) in [4.78, 5) is 11.2. The first-order valence-electron chi connectivity index (χ1n) is 15.1. The molecule has 1 aromatic carbocycles. The number of rotatable bonds is 6. The summed E-state index contributed by atoms with van der Waals surface area (Å²) in [6.07, 6.45) is 13.4. The standard InChI is InChI=1S/C33H48O5/c1-5-22-27-18-21(34)13-15-33(27,4)26-14-16-32(3)24(11-12-25(32)29(26)30(22)36)19(2)7-6-8-20-9-10-23(31(37)38)28(35)17-20/h6,8-10,17,19,21-22,24-27,29-30,34-36H,5,7,11-16,18H2,1-4H3,(H,37,38)/b8-6+/t19-,21-,22-,24-,25?,26?,27?,29?,30-,32-,33-/m1/s1. The lowest BCUT2D eigenvalue weighted by atomic mass is 9.41. The maximum atomic E-state index is 11.9. The number of hydrogen-bond acceptors (Lipinski definition) is 4. The molecule has 5 heteroatoms. The molecule has 4 N–H and O–H groups in total. The number of allylic oxidation sites excluding steroid dienone is 1. The van der Waals surface area contributed by atoms with E-state index in [-0.39, 0.29) is 34.4 Å². The molecule has 4 saturated carbocycles. The van der Waals surface area contributed by atoms with E-state index in [9.17, 15) is 20.1 Å². The van der Waals surface area contributed by atoms with E-state index in [1.54, 1.807) is 6.07 Å². The Morgan fingerprint density at radius 3 is 2.45 bits per heavy atom. The van der Waals surface area contributed by atoms with E-state index in [1.165, 1.54) is 37.8 Å². The van der Waals surface area contributed by atoms with Crippen LogP contribution in [0, 0.1) is 52.3 Å². The van der Waals surface area contributed by atoms with Gasteiger partial charge in [0.15, 0.2) is 0 Å². The molecule has 0 amide bonds. The van der Waals surface area contributed by atoms with Gasteiger partial charge in [-0.15, -0.1) is 0 Å². The second kappa shape index (κ2) is 10.3. The summed E-state index contributed by atoms with van der Waals surface area (Å²) in [5.74, 6) is 2.04. The van der Waals surface area contributed by atoms with Gasteiger partial charge in [-0.3, -0.25) is 0 Å². The molecule has 0 spiro atoms. The molecule has 0 aliphatic heterocycles. The molecule has 0 heterocycles. The topological polar surface area (TPSA) is 98.0 Å². The van der Waals surface area contributed by atoms with Crippen LogP contribution in [0.3, 0.4) is 0 Å². The Kier molecular flexibility index (Phi) is 7.49. The van der Waals surface area contributed by atoms with Crippen molar-refractivity contribution in [1.82, 2.24) is 0 Å². The molecule has 11 atom stereocenters. The maximum Gasteiger partial charge on any atom is 0.339 e. The minimum absolute atomic E-state index is 0.0733. The van der Waals surface area contributed by atoms with Gasteiger partial charge in [0.25, 0.3) is 0 Å². The fourth-order valence-corrected chi connectivity index (χ4v) is 10.3. The van der Waals surface area contributed by atoms with Crippen LogP contribution in [0.2, 0.25) is 0 Å². The zero-order valence-corrected chi connectivity index (χ0v) is 23.6. The first-order valence-corrected chi connectivity index (χ1v) is 15.1. The van der Waals surface area contributed by atoms with E-state index in [2.05, 4.69) is 33.8 Å². The molecule has 5 nitrogen and oxygen atoms in total. The van der Waals surface area contributed by atoms with Gasteiger partial charge >= 0.3 is 5.97 Å². The summed E-state index contributed by atoms with van der Waals surface area (Å²) < 4.78 is 0. The van der Waals surface area contributed by atoms with E-state index >= 15 is 0 Å². The third kappa shape index (κ3) is 4.42. The number of carboxylic acid groups (broad SMARTS) is 1. The van der Waals surface area contributed by atoms with Crippen molar-refractivity contribution in [2.45, 2.75) is 97.7 Å². The van der Waals surface area contributed by atoms with Crippen molar-refractivity contribution in [1.29, 1.82) is 0 Å². The molecule has 0 aromatic heterocycles. The largest absolute Gasteiger partial charge is 0.507 e. The summed E-state index contributed by atoms with van der Waals surface area (Å²) >= 11 is 0. The summed E-state index contributed by atoms with van der Waals surface area (Å²) in [5.41, 5.74) is 1.22. The number of aromatic hydroxyl groups is 1. The molecular weight excluding hydrogens is 476 g/mol. The molecule has 0 bridgehead atoms. The van der Waals surface area contributed by atoms with Crippen molar-refractivity contribution >= 4 is 12.0 Å². The SMILES string of the molecule is CC[C@@H]1C2C[C@H](O)CC[C@]2(C)C2CC[C@@]3(C)C(CC[C@@H]3[C@H](C)C/C=C/c3ccc(C(=O)O)c(O)c3)C2[C@@H]1O. The lowest BCUT2D eigenvalue weighted by Crippen LogP contribution is -2.62. The number of aliphatic hydroxyl groups excluding tert-OH is 2. The van der Waals surface area contributed by atoms with Gasteiger partial charge in [0.2, 0.25) is 0 Å². The van der Waals surface area contributed by atoms with Gasteiger partial charge in [0, 0.05) is 0 Å². The van der Waals surface area contributed by atoms with Crippen LogP contribution in [0.1, 0.15) is 101 Å². The normalized spacial score (nSPS) is 43.3. The van der Waals surface area contributed by atoms with Crippen LogP contribution in [0.5, 0.6) is 5.75 Å². The van der Waals surface area contributed by atoms with Crippen LogP contribution < -0.4 is 0 Å². The van der Waals surface area contributed by atoms with Crippen LogP contribution in [-0.4, -0.2) is 38.6 Å². The van der Waals surface area contributed by atoms with Crippen LogP contribution in [0.4, 0.5) is 0 Å². The van der Waals surface area contributed by atoms with Crippen molar-refractivity contribution in [3.05, 3.63) is 35.4 Å². The van der Waals surface area contributed by atoms with Crippen LogP contribution in [0.25, 0.3) is 6.08 Å². The highest BCUT2D eigenvalue weighted by Gasteiger charge is 2.64. The number of carboxylic acids is 1. The van der Waals surface area contributed by atoms with E-state index in [0.29, 0.717) is 41.4 Å². The van der Waals surface area contributed by atoms with Crippen molar-refractivity contribution in [3.8, 4) is 5.75 Å². The molecule has 4 aliphatic rings. The lowest BCUT2D eigenvalue weighted by Gasteiger charge is -2.64. The first-order chi connectivity index (χ1) is 18.0. The maximum absolute atomic E-state index is 11.9. The summed E-state index contributed by atoms with van der Waals surface area (Å²) in [7, 11) is 0. The summed E-state index contributed by atoms with van der Waals surface area (Å²) in [5, 5.41) is 41.6. The van der Waals surface area contributed by atoms with Gasteiger partial charge in [0.1, 0.15) is 11.3 Å². The number of hydrogen-bond donors (Lipinski definition) is 4. The van der Waals surface area contributed by atoms with Crippen molar-refractivity contribution in [2.75, 3.05) is 0 Å². The predicted octanol–water partition coefficient (Wildman–Crippen LogP) is 6.76. The third-order valence-corrected chi connectivity index (χ3v) is 12.2. The van der Waals surface area contributed by atoms with Gasteiger partial charge in [-0.05, 0) is 121 Å². The average molecular weight is 525 g/mol. The molecule has 210 valence electrons. The Morgan fingerprint density at radius 1 is 1.05 bits per heavy atom. The van der Waals surface area contributed by atoms with Crippen molar-refractivity contribution in [2.24, 2.45) is 52.3 Å². The molecule has 4 unspecified atom stereocenters. The smallest absolute Gasteiger partial charge is 0.339 e. The van der Waals surface area contributed by atoms with Crippen LogP contribution in [-0.2, 0) is 0 Å². The average Bonchev–Trinajstić information content (AvgIpc) is 3.22. The van der Waals surface area contributed by atoms with Crippen molar-refractivity contribution < 1.29 is 25.2 Å². The number of phenols is 1. The highest BCUT2D eigenvalue weighted by Crippen LogP contribution is 2.69. The number of carbonyl (C=O) groups is 1. The Bertz CT molecular complexity index is 1070. The third-order valence-electron chi connectivity index (χ3n) is 12.2. The number of benzene rings is 1. The minimum Gasteiger partial charge on any atom is -0.507 e. The fourth-order valence-electron chi connectivity index (χ4n) is 10.3. The summed E-state index contributed by atoms with van der Waals surface area (Å²) in [6.45, 7) is 9.62. The molecule has 4 aliphatic carbocycles. The molecule has 38 heavy (non-hydrogen) atoms. The highest BCUT2D eigenvalue weighted by atomic mass is 16.4. The van der Waals surface area contributed by atoms with Crippen LogP contribution in [0.15, 0.2) is 24.3 Å². The highest BCUT2D eigenvalue weighted by molar-refractivity contribution is 5.91. The van der Waals surface area contributed by atoms with Crippen molar-refractivity contribution in [3.63, 3.8) is 0 Å². The van der Waals surface area contributed by atoms with Gasteiger partial charge < -0.3 is 20.4 Å². The molecular formula is C33H48O5. The minimum atomic E-state index is -1.12. The second-order valence-electron chi connectivity index (χ2n) is 13.8. The van der Waals surface area contributed by atoms with Crippen LogP contribution >= 0.6 is 0 Å². The van der Waals surface area contributed by atoms with E-state index in [1.807, 2.05) is 6.08 Å². The molecule has 5 rings (SSSR count). The zero-order chi connectivity index (χ0) is 27.4. The quantitative estimate of drug-likeness (QED) is 0.330. The Morgan fingerprint density at radius 2 is 1.76 bits per heavy atom. The molecule has 0 radical (unpaired) electrons. The second-order valence-corrected chi connectivity index (χ2v) is 13.8. The first kappa shape index (κ1) is 27.7. The Labute approximate surface area is 228 Å². The number of aliphatic hydroxyl groups is 2. The Hall–Kier alpha value is -1.85. The summed E-state index contributed by atoms with van der Waals surface area (Å²) in [6, 6.07) is 4.72. The lowest BCUT2D eigenvalue weighted by molar-refractivity contribution is -0.203. The molecule has 4 fully saturated rings. The van der Waals surface area contributed by atoms with E-state index in [0.717, 1.165) is 37.7 Å². The van der Waals surface area contributed by atoms with E-state index < -0.39 is 5.97 Å². The molecule has 1 aromatic rings. The van der Waals surface area contributed by atoms with Gasteiger partial charge in [-0.2, -0.15) is 0 Å². The molecule has 0 saturated heterocycles. The van der Waals surface area contributed by atoms with Gasteiger partial charge in [0.05, 0.1) is 12.2 Å².